The van der Waals surface area contributed by atoms with Gasteiger partial charge >= 0.3 is 0 Å². The fourth-order valence-corrected chi connectivity index (χ4v) is 6.07. The van der Waals surface area contributed by atoms with Crippen LogP contribution in [0.15, 0.2) is 30.3 Å². The summed E-state index contributed by atoms with van der Waals surface area (Å²) in [5.41, 5.74) is 2.66. The fraction of sp³-hybridized carbons (Fsp3) is 0.524. The van der Waals surface area contributed by atoms with Gasteiger partial charge in [-0.3, -0.25) is 9.78 Å². The number of rotatable bonds is 2. The number of benzene rings is 1. The number of para-hydroxylation sites is 1. The first-order valence-corrected chi connectivity index (χ1v) is 9.29. The summed E-state index contributed by atoms with van der Waals surface area (Å²) in [6.45, 7) is 1.97. The average Bonchev–Trinajstić information content (AvgIpc) is 2.52. The van der Waals surface area contributed by atoms with Crippen molar-refractivity contribution in [3.8, 4) is 0 Å². The summed E-state index contributed by atoms with van der Waals surface area (Å²) in [4.78, 5) is 17.7. The summed E-state index contributed by atoms with van der Waals surface area (Å²) >= 11 is 0. The monoisotopic (exact) mass is 320 g/mol. The molecule has 0 atom stereocenters. The highest BCUT2D eigenvalue weighted by molar-refractivity contribution is 6.06. The third-order valence-corrected chi connectivity index (χ3v) is 6.51. The van der Waals surface area contributed by atoms with Gasteiger partial charge in [0.05, 0.1) is 11.1 Å². The van der Waals surface area contributed by atoms with Crippen LogP contribution in [0.2, 0.25) is 0 Å². The second-order valence-corrected chi connectivity index (χ2v) is 8.48. The number of carbonyl (C=O) groups excluding carboxylic acids is 1. The number of hydrogen-bond acceptors (Lipinski definition) is 2. The molecule has 1 aromatic carbocycles. The van der Waals surface area contributed by atoms with E-state index in [-0.39, 0.29) is 11.4 Å². The Bertz CT molecular complexity index is 790. The lowest BCUT2D eigenvalue weighted by molar-refractivity contribution is -0.0166. The van der Waals surface area contributed by atoms with Crippen LogP contribution in [0, 0.1) is 24.7 Å². The summed E-state index contributed by atoms with van der Waals surface area (Å²) in [7, 11) is 0. The molecule has 4 aliphatic rings. The maximum Gasteiger partial charge on any atom is 0.252 e. The van der Waals surface area contributed by atoms with E-state index in [0.29, 0.717) is 0 Å². The molecule has 4 saturated carbocycles. The highest BCUT2D eigenvalue weighted by atomic mass is 16.1. The Kier molecular flexibility index (Phi) is 3.04. The highest BCUT2D eigenvalue weighted by Gasteiger charge is 2.51. The number of hydrogen-bond donors (Lipinski definition) is 1. The molecule has 1 heterocycles. The molecule has 1 amide bonds. The van der Waals surface area contributed by atoms with E-state index in [0.717, 1.165) is 39.9 Å². The molecule has 24 heavy (non-hydrogen) atoms. The summed E-state index contributed by atoms with van der Waals surface area (Å²) in [6, 6.07) is 9.91. The number of pyridine rings is 1. The molecule has 1 aromatic heterocycles. The van der Waals surface area contributed by atoms with Crippen molar-refractivity contribution < 1.29 is 4.79 Å². The zero-order valence-electron chi connectivity index (χ0n) is 14.2. The van der Waals surface area contributed by atoms with Crippen LogP contribution in [0.5, 0.6) is 0 Å². The highest BCUT2D eigenvalue weighted by Crippen LogP contribution is 2.55. The molecule has 4 aliphatic carbocycles. The van der Waals surface area contributed by atoms with Crippen molar-refractivity contribution in [1.29, 1.82) is 0 Å². The fourth-order valence-electron chi connectivity index (χ4n) is 6.07. The quantitative estimate of drug-likeness (QED) is 0.899. The molecule has 0 unspecified atom stereocenters. The van der Waals surface area contributed by atoms with Crippen molar-refractivity contribution in [2.75, 3.05) is 0 Å². The van der Waals surface area contributed by atoms with E-state index in [1.54, 1.807) is 0 Å². The van der Waals surface area contributed by atoms with E-state index in [2.05, 4.69) is 10.3 Å². The number of aromatic nitrogens is 1. The lowest BCUT2D eigenvalue weighted by Crippen LogP contribution is -2.59. The zero-order chi connectivity index (χ0) is 16.3. The van der Waals surface area contributed by atoms with Crippen molar-refractivity contribution in [3.05, 3.63) is 41.6 Å². The topological polar surface area (TPSA) is 42.0 Å². The Morgan fingerprint density at radius 3 is 2.38 bits per heavy atom. The summed E-state index contributed by atoms with van der Waals surface area (Å²) in [6.07, 6.45) is 7.75. The van der Waals surface area contributed by atoms with Crippen LogP contribution in [0.1, 0.15) is 54.6 Å². The second kappa shape index (κ2) is 5.05. The Balaban J connectivity index is 1.49. The molecule has 0 saturated heterocycles. The number of nitrogens with one attached hydrogen (secondary N) is 1. The minimum Gasteiger partial charge on any atom is -0.347 e. The van der Waals surface area contributed by atoms with Crippen LogP contribution in [0.3, 0.4) is 0 Å². The lowest BCUT2D eigenvalue weighted by Gasteiger charge is -2.56. The molecule has 6 rings (SSSR count). The van der Waals surface area contributed by atoms with Crippen LogP contribution in [-0.2, 0) is 0 Å². The van der Waals surface area contributed by atoms with Crippen molar-refractivity contribution in [1.82, 2.24) is 10.3 Å². The van der Waals surface area contributed by atoms with Crippen LogP contribution in [0.25, 0.3) is 10.9 Å². The Hall–Kier alpha value is -1.90. The molecule has 0 spiro atoms. The van der Waals surface area contributed by atoms with Crippen LogP contribution >= 0.6 is 0 Å². The van der Waals surface area contributed by atoms with Gasteiger partial charge in [-0.1, -0.05) is 18.2 Å². The van der Waals surface area contributed by atoms with E-state index < -0.39 is 0 Å². The van der Waals surface area contributed by atoms with E-state index in [4.69, 9.17) is 0 Å². The van der Waals surface area contributed by atoms with Gasteiger partial charge < -0.3 is 5.32 Å². The SMILES string of the molecule is Cc1cc(C(=O)NC23CC4CC(CC(C4)C2)C3)c2ccccc2n1. The smallest absolute Gasteiger partial charge is 0.252 e. The molecule has 0 radical (unpaired) electrons. The molecule has 3 nitrogen and oxygen atoms in total. The maximum absolute atomic E-state index is 13.2. The van der Waals surface area contributed by atoms with Crippen molar-refractivity contribution in [2.45, 2.75) is 51.0 Å². The largest absolute Gasteiger partial charge is 0.347 e. The van der Waals surface area contributed by atoms with Crippen molar-refractivity contribution >= 4 is 16.8 Å². The van der Waals surface area contributed by atoms with Gasteiger partial charge in [-0.2, -0.15) is 0 Å². The van der Waals surface area contributed by atoms with Crippen molar-refractivity contribution in [2.24, 2.45) is 17.8 Å². The average molecular weight is 320 g/mol. The van der Waals surface area contributed by atoms with Crippen LogP contribution in [0.4, 0.5) is 0 Å². The Morgan fingerprint density at radius 1 is 1.08 bits per heavy atom. The molecule has 1 N–H and O–H groups in total. The number of aryl methyl sites for hydroxylation is 1. The van der Waals surface area contributed by atoms with Gasteiger partial charge in [0.1, 0.15) is 0 Å². The Morgan fingerprint density at radius 2 is 1.71 bits per heavy atom. The van der Waals surface area contributed by atoms with Crippen molar-refractivity contribution in [3.63, 3.8) is 0 Å². The summed E-state index contributed by atoms with van der Waals surface area (Å²) < 4.78 is 0. The van der Waals surface area contributed by atoms with Gasteiger partial charge in [0.15, 0.2) is 0 Å². The summed E-state index contributed by atoms with van der Waals surface area (Å²) in [5.74, 6) is 2.62. The molecular formula is C21H24N2O. The van der Waals surface area contributed by atoms with Gasteiger partial charge in [0.25, 0.3) is 5.91 Å². The minimum absolute atomic E-state index is 0.0596. The standard InChI is InChI=1S/C21H24N2O/c1-13-6-18(17-4-2-3-5-19(17)22-13)20(24)23-21-10-14-7-15(11-21)9-16(8-14)12-21/h2-6,14-16H,7-12H2,1H3,(H,23,24). The first-order valence-electron chi connectivity index (χ1n) is 9.29. The second-order valence-electron chi connectivity index (χ2n) is 8.48. The normalized spacial score (nSPS) is 33.8. The van der Waals surface area contributed by atoms with Crippen LogP contribution < -0.4 is 5.32 Å². The molecule has 4 fully saturated rings. The Labute approximate surface area is 142 Å². The van der Waals surface area contributed by atoms with E-state index >= 15 is 0 Å². The van der Waals surface area contributed by atoms with Gasteiger partial charge in [-0.05, 0) is 75.3 Å². The predicted octanol–water partition coefficient (Wildman–Crippen LogP) is 4.24. The van der Waals surface area contributed by atoms with E-state index in [9.17, 15) is 4.79 Å². The van der Waals surface area contributed by atoms with E-state index in [1.165, 1.54) is 38.5 Å². The van der Waals surface area contributed by atoms with Gasteiger partial charge in [0, 0.05) is 16.6 Å². The molecular weight excluding hydrogens is 296 g/mol. The third-order valence-electron chi connectivity index (χ3n) is 6.51. The summed E-state index contributed by atoms with van der Waals surface area (Å²) in [5, 5.41) is 4.46. The number of nitrogens with zero attached hydrogens (tertiary/aromatic N) is 1. The molecule has 3 heteroatoms. The number of amides is 1. The molecule has 2 aromatic rings. The first kappa shape index (κ1) is 14.4. The number of fused-ring (bicyclic) bond motifs is 1. The van der Waals surface area contributed by atoms with Gasteiger partial charge in [-0.25, -0.2) is 0 Å². The van der Waals surface area contributed by atoms with Gasteiger partial charge in [-0.15, -0.1) is 0 Å². The maximum atomic E-state index is 13.2. The molecule has 4 bridgehead atoms. The van der Waals surface area contributed by atoms with E-state index in [1.807, 2.05) is 37.3 Å². The van der Waals surface area contributed by atoms with Crippen LogP contribution in [-0.4, -0.2) is 16.4 Å². The third kappa shape index (κ3) is 2.25. The lowest BCUT2D eigenvalue weighted by atomic mass is 9.53. The zero-order valence-corrected chi connectivity index (χ0v) is 14.2. The van der Waals surface area contributed by atoms with Gasteiger partial charge in [0.2, 0.25) is 0 Å². The predicted molar refractivity (Wildman–Crippen MR) is 94.8 cm³/mol. The molecule has 0 aliphatic heterocycles. The first-order chi connectivity index (χ1) is 11.6. The number of carbonyl (C=O) groups is 1. The molecule has 124 valence electrons. The minimum atomic E-state index is 0.0596.